The number of hydrogen-bond donors (Lipinski definition) is 1. The first-order chi connectivity index (χ1) is 15.8. The molecule has 0 aliphatic heterocycles. The summed E-state index contributed by atoms with van der Waals surface area (Å²) in [6.07, 6.45) is 5.83. The third-order valence-electron chi connectivity index (χ3n) is 5.83. The fraction of sp³-hybridized carbons (Fsp3) is 0.500. The minimum Gasteiger partial charge on any atom is -0.497 e. The Balaban J connectivity index is 1.50. The van der Waals surface area contributed by atoms with Crippen LogP contribution >= 0.6 is 11.8 Å². The van der Waals surface area contributed by atoms with Crippen LogP contribution in [0.25, 0.3) is 11.4 Å². The molecule has 1 fully saturated rings. The molecule has 33 heavy (non-hydrogen) atoms. The Morgan fingerprint density at radius 3 is 2.55 bits per heavy atom. The van der Waals surface area contributed by atoms with E-state index in [1.807, 2.05) is 45.0 Å². The number of nitrogens with zero attached hydrogens (tertiary/aromatic N) is 4. The summed E-state index contributed by atoms with van der Waals surface area (Å²) in [6, 6.07) is 9.96. The van der Waals surface area contributed by atoms with Crippen molar-refractivity contribution in [1.29, 1.82) is 0 Å². The number of benzene rings is 1. The molecule has 1 aromatic carbocycles. The van der Waals surface area contributed by atoms with Gasteiger partial charge in [0.2, 0.25) is 11.8 Å². The minimum absolute atomic E-state index is 0.143. The summed E-state index contributed by atoms with van der Waals surface area (Å²) in [5.41, 5.74) is 1.64. The Hall–Kier alpha value is -2.81. The van der Waals surface area contributed by atoms with E-state index in [1.54, 1.807) is 13.2 Å². The van der Waals surface area contributed by atoms with E-state index < -0.39 is 0 Å². The quantitative estimate of drug-likeness (QED) is 0.458. The van der Waals surface area contributed by atoms with E-state index in [-0.39, 0.29) is 17.1 Å². The number of amides is 1. The van der Waals surface area contributed by atoms with Crippen molar-refractivity contribution in [3.8, 4) is 17.1 Å². The molecule has 3 aromatic rings. The highest BCUT2D eigenvalue weighted by Crippen LogP contribution is 2.36. The first-order valence-corrected chi connectivity index (χ1v) is 12.3. The van der Waals surface area contributed by atoms with Gasteiger partial charge < -0.3 is 9.26 Å². The molecule has 1 aliphatic rings. The highest BCUT2D eigenvalue weighted by atomic mass is 32.2. The highest BCUT2D eigenvalue weighted by Gasteiger charge is 2.25. The van der Waals surface area contributed by atoms with Gasteiger partial charge in [0.15, 0.2) is 11.0 Å². The molecule has 0 bridgehead atoms. The van der Waals surface area contributed by atoms with Crippen LogP contribution in [-0.4, -0.2) is 38.7 Å². The van der Waals surface area contributed by atoms with Crippen LogP contribution in [0.5, 0.6) is 5.75 Å². The third kappa shape index (κ3) is 5.58. The van der Waals surface area contributed by atoms with Crippen LogP contribution in [0, 0.1) is 0 Å². The van der Waals surface area contributed by atoms with Crippen molar-refractivity contribution in [3.63, 3.8) is 0 Å². The maximum Gasteiger partial charge on any atom is 0.237 e. The largest absolute Gasteiger partial charge is 0.497 e. The van der Waals surface area contributed by atoms with Gasteiger partial charge in [0.25, 0.3) is 0 Å². The number of hydrogen-bond acceptors (Lipinski definition) is 7. The summed E-state index contributed by atoms with van der Waals surface area (Å²) in [4.78, 5) is 12.6. The molecule has 0 saturated heterocycles. The average molecular weight is 470 g/mol. The van der Waals surface area contributed by atoms with Crippen LogP contribution in [0.3, 0.4) is 0 Å². The molecule has 176 valence electrons. The molecule has 0 unspecified atom stereocenters. The van der Waals surface area contributed by atoms with Gasteiger partial charge >= 0.3 is 0 Å². The van der Waals surface area contributed by atoms with Crippen molar-refractivity contribution in [1.82, 2.24) is 19.9 Å². The van der Waals surface area contributed by atoms with Gasteiger partial charge in [-0.25, -0.2) is 0 Å². The van der Waals surface area contributed by atoms with Gasteiger partial charge in [0.1, 0.15) is 5.75 Å². The van der Waals surface area contributed by atoms with Crippen LogP contribution in [0.4, 0.5) is 5.88 Å². The first kappa shape index (κ1) is 23.4. The molecular formula is C24H31N5O3S. The summed E-state index contributed by atoms with van der Waals surface area (Å²) in [5.74, 6) is 2.03. The monoisotopic (exact) mass is 469 g/mol. The number of nitrogens with one attached hydrogen (secondary N) is 1. The predicted octanol–water partition coefficient (Wildman–Crippen LogP) is 5.48. The second-order valence-corrected chi connectivity index (χ2v) is 10.3. The minimum atomic E-state index is -0.166. The number of thioether (sulfide) groups is 1. The predicted molar refractivity (Wildman–Crippen MR) is 129 cm³/mol. The zero-order valence-corrected chi connectivity index (χ0v) is 20.4. The smallest absolute Gasteiger partial charge is 0.237 e. The Bertz CT molecular complexity index is 1080. The number of ether oxygens (including phenoxy) is 1. The van der Waals surface area contributed by atoms with Gasteiger partial charge in [-0.05, 0) is 37.1 Å². The van der Waals surface area contributed by atoms with Gasteiger partial charge in [-0.3, -0.25) is 14.7 Å². The summed E-state index contributed by atoms with van der Waals surface area (Å²) >= 11 is 1.39. The SMILES string of the molecule is COc1ccc(-c2nnc(SCC(=O)Nc3cc(C(C)(C)C)no3)n2C2CCCCC2)cc1. The molecule has 1 aliphatic carbocycles. The van der Waals surface area contributed by atoms with E-state index in [1.165, 1.54) is 31.0 Å². The van der Waals surface area contributed by atoms with Crippen LogP contribution in [0.15, 0.2) is 40.0 Å². The number of anilines is 1. The Morgan fingerprint density at radius 1 is 1.18 bits per heavy atom. The Labute approximate surface area is 198 Å². The maximum absolute atomic E-state index is 12.6. The molecule has 1 amide bonds. The molecule has 0 spiro atoms. The van der Waals surface area contributed by atoms with E-state index in [0.29, 0.717) is 11.9 Å². The molecule has 4 rings (SSSR count). The standard InChI is InChI=1S/C24H31N5O3S/c1-24(2,3)19-14-21(32-28-19)25-20(30)15-33-23-27-26-22(16-10-12-18(31-4)13-11-16)29(23)17-8-6-5-7-9-17/h10-14,17H,5-9,15H2,1-4H3,(H,25,30). The maximum atomic E-state index is 12.6. The molecule has 0 atom stereocenters. The van der Waals surface area contributed by atoms with Gasteiger partial charge in [0.05, 0.1) is 18.6 Å². The molecule has 2 heterocycles. The van der Waals surface area contributed by atoms with Crippen molar-refractivity contribution in [3.05, 3.63) is 36.0 Å². The molecular weight excluding hydrogens is 438 g/mol. The van der Waals surface area contributed by atoms with Crippen molar-refractivity contribution >= 4 is 23.6 Å². The van der Waals surface area contributed by atoms with Crippen LogP contribution in [-0.2, 0) is 10.2 Å². The lowest BCUT2D eigenvalue weighted by Gasteiger charge is -2.25. The zero-order valence-electron chi connectivity index (χ0n) is 19.6. The van der Waals surface area contributed by atoms with E-state index in [9.17, 15) is 4.79 Å². The second-order valence-electron chi connectivity index (χ2n) is 9.36. The molecule has 2 aromatic heterocycles. The first-order valence-electron chi connectivity index (χ1n) is 11.3. The fourth-order valence-corrected chi connectivity index (χ4v) is 4.78. The van der Waals surface area contributed by atoms with Crippen molar-refractivity contribution in [2.24, 2.45) is 0 Å². The second kappa shape index (κ2) is 9.99. The molecule has 1 N–H and O–H groups in total. The number of carbonyl (C=O) groups is 1. The van der Waals surface area contributed by atoms with E-state index in [2.05, 4.69) is 25.2 Å². The zero-order chi connectivity index (χ0) is 23.4. The summed E-state index contributed by atoms with van der Waals surface area (Å²) in [7, 11) is 1.65. The molecule has 9 heteroatoms. The number of aromatic nitrogens is 4. The topological polar surface area (TPSA) is 95.1 Å². The highest BCUT2D eigenvalue weighted by molar-refractivity contribution is 7.99. The summed E-state index contributed by atoms with van der Waals surface area (Å²) in [5, 5.41) is 16.6. The van der Waals surface area contributed by atoms with Crippen molar-refractivity contribution < 1.29 is 14.1 Å². The van der Waals surface area contributed by atoms with E-state index in [4.69, 9.17) is 9.26 Å². The van der Waals surface area contributed by atoms with Crippen LogP contribution in [0.1, 0.15) is 64.6 Å². The fourth-order valence-electron chi connectivity index (χ4n) is 3.97. The molecule has 1 saturated carbocycles. The lowest BCUT2D eigenvalue weighted by Crippen LogP contribution is -2.17. The van der Waals surface area contributed by atoms with E-state index in [0.717, 1.165) is 40.8 Å². The molecule has 8 nitrogen and oxygen atoms in total. The summed E-state index contributed by atoms with van der Waals surface area (Å²) < 4.78 is 12.8. The average Bonchev–Trinajstić information content (AvgIpc) is 3.45. The van der Waals surface area contributed by atoms with Crippen molar-refractivity contribution in [2.45, 2.75) is 69.5 Å². The van der Waals surface area contributed by atoms with Crippen LogP contribution in [0.2, 0.25) is 0 Å². The lowest BCUT2D eigenvalue weighted by molar-refractivity contribution is -0.113. The van der Waals surface area contributed by atoms with Gasteiger partial charge in [-0.15, -0.1) is 10.2 Å². The van der Waals surface area contributed by atoms with Crippen molar-refractivity contribution in [2.75, 3.05) is 18.2 Å². The van der Waals surface area contributed by atoms with E-state index >= 15 is 0 Å². The lowest BCUT2D eigenvalue weighted by atomic mass is 9.92. The number of carbonyl (C=O) groups excluding carboxylic acids is 1. The third-order valence-corrected chi connectivity index (χ3v) is 6.77. The van der Waals surface area contributed by atoms with Gasteiger partial charge in [0, 0.05) is 23.1 Å². The number of methoxy groups -OCH3 is 1. The molecule has 0 radical (unpaired) electrons. The number of rotatable bonds is 7. The Morgan fingerprint density at radius 2 is 1.91 bits per heavy atom. The van der Waals surface area contributed by atoms with Gasteiger partial charge in [-0.1, -0.05) is 57.0 Å². The summed E-state index contributed by atoms with van der Waals surface area (Å²) in [6.45, 7) is 6.14. The Kier molecular flexibility index (Phi) is 7.07. The van der Waals surface area contributed by atoms with Gasteiger partial charge in [-0.2, -0.15) is 0 Å². The normalized spacial score (nSPS) is 14.9. The van der Waals surface area contributed by atoms with Crippen LogP contribution < -0.4 is 10.1 Å².